The number of rotatable bonds is 6. The molecule has 0 spiro atoms. The van der Waals surface area contributed by atoms with Crippen molar-refractivity contribution in [2.45, 2.75) is 18.7 Å². The third-order valence-corrected chi connectivity index (χ3v) is 3.36. The molecule has 1 rings (SSSR count). The molecule has 2 nitrogen and oxygen atoms in total. The normalized spacial score (nSPS) is 10.5. The first-order valence-corrected chi connectivity index (χ1v) is 6.66. The van der Waals surface area contributed by atoms with Gasteiger partial charge in [0.15, 0.2) is 0 Å². The second kappa shape index (κ2) is 6.92. The van der Waals surface area contributed by atoms with Crippen LogP contribution in [0.2, 0.25) is 0 Å². The van der Waals surface area contributed by atoms with Gasteiger partial charge in [-0.05, 0) is 36.6 Å². The van der Waals surface area contributed by atoms with E-state index in [1.54, 1.807) is 7.11 Å². The molecule has 0 atom stereocenters. The Kier molecular flexibility index (Phi) is 5.85. The molecule has 0 aliphatic heterocycles. The fourth-order valence-electron chi connectivity index (χ4n) is 1.64. The minimum absolute atomic E-state index is 0.822. The fraction of sp³-hybridized carbons (Fsp3) is 0.538. The molecule has 0 saturated carbocycles. The quantitative estimate of drug-likeness (QED) is 0.587. The summed E-state index contributed by atoms with van der Waals surface area (Å²) in [6.07, 6.45) is 1.06. The zero-order valence-electron chi connectivity index (χ0n) is 10.3. The molecular weight excluding hydrogens is 266 g/mol. The summed E-state index contributed by atoms with van der Waals surface area (Å²) in [6, 6.07) is 6.60. The monoisotopic (exact) mass is 285 g/mol. The van der Waals surface area contributed by atoms with E-state index >= 15 is 0 Å². The highest BCUT2D eigenvalue weighted by atomic mass is 79.9. The molecule has 0 bridgehead atoms. The maximum absolute atomic E-state index is 5.06. The zero-order valence-corrected chi connectivity index (χ0v) is 11.9. The molecular formula is C13H20BrNO. The molecule has 0 fully saturated rings. The van der Waals surface area contributed by atoms with E-state index in [1.165, 1.54) is 16.8 Å². The first kappa shape index (κ1) is 13.5. The van der Waals surface area contributed by atoms with E-state index in [0.29, 0.717) is 0 Å². The van der Waals surface area contributed by atoms with Gasteiger partial charge >= 0.3 is 0 Å². The van der Waals surface area contributed by atoms with Gasteiger partial charge in [0.05, 0.1) is 0 Å². The van der Waals surface area contributed by atoms with E-state index in [2.05, 4.69) is 53.0 Å². The largest absolute Gasteiger partial charge is 0.385 e. The first-order valence-electron chi connectivity index (χ1n) is 5.54. The van der Waals surface area contributed by atoms with Crippen LogP contribution in [0.3, 0.4) is 0 Å². The Labute approximate surface area is 107 Å². The van der Waals surface area contributed by atoms with Gasteiger partial charge in [0.2, 0.25) is 0 Å². The summed E-state index contributed by atoms with van der Waals surface area (Å²) in [7, 11) is 3.87. The number of hydrogen-bond donors (Lipinski definition) is 0. The Balaban J connectivity index is 2.62. The highest BCUT2D eigenvalue weighted by Crippen LogP contribution is 2.20. The van der Waals surface area contributed by atoms with Gasteiger partial charge in [0.1, 0.15) is 0 Å². The number of anilines is 1. The van der Waals surface area contributed by atoms with Crippen LogP contribution in [0.5, 0.6) is 0 Å². The number of hydrogen-bond acceptors (Lipinski definition) is 2. The predicted molar refractivity (Wildman–Crippen MR) is 73.6 cm³/mol. The highest BCUT2D eigenvalue weighted by molar-refractivity contribution is 9.08. The summed E-state index contributed by atoms with van der Waals surface area (Å²) in [4.78, 5) is 2.27. The van der Waals surface area contributed by atoms with Gasteiger partial charge in [0.25, 0.3) is 0 Å². The summed E-state index contributed by atoms with van der Waals surface area (Å²) in [6.45, 7) is 4.01. The molecule has 0 amide bonds. The van der Waals surface area contributed by atoms with Crippen LogP contribution in [0.25, 0.3) is 0 Å². The van der Waals surface area contributed by atoms with Crippen LogP contribution < -0.4 is 4.90 Å². The van der Waals surface area contributed by atoms with Crippen LogP contribution in [-0.4, -0.2) is 27.3 Å². The van der Waals surface area contributed by atoms with Crippen molar-refractivity contribution in [3.05, 3.63) is 29.3 Å². The summed E-state index contributed by atoms with van der Waals surface area (Å²) in [5, 5.41) is 0.923. The molecule has 0 aromatic heterocycles. The Morgan fingerprint density at radius 3 is 2.69 bits per heavy atom. The van der Waals surface area contributed by atoms with Crippen molar-refractivity contribution in [1.29, 1.82) is 0 Å². The molecule has 0 aliphatic rings. The lowest BCUT2D eigenvalue weighted by molar-refractivity contribution is 0.196. The number of benzene rings is 1. The number of methoxy groups -OCH3 is 1. The zero-order chi connectivity index (χ0) is 12.0. The second-order valence-electron chi connectivity index (χ2n) is 4.01. The SMILES string of the molecule is COCCCN(C)c1ccc(CBr)c(C)c1. The Hall–Kier alpha value is -0.540. The van der Waals surface area contributed by atoms with Gasteiger partial charge in [-0.15, -0.1) is 0 Å². The smallest absolute Gasteiger partial charge is 0.0479 e. The third kappa shape index (κ3) is 3.80. The average Bonchev–Trinajstić information content (AvgIpc) is 2.29. The lowest BCUT2D eigenvalue weighted by Crippen LogP contribution is -2.19. The first-order chi connectivity index (χ1) is 7.69. The number of alkyl halides is 1. The topological polar surface area (TPSA) is 12.5 Å². The van der Waals surface area contributed by atoms with Gasteiger partial charge in [-0.3, -0.25) is 0 Å². The van der Waals surface area contributed by atoms with Gasteiger partial charge in [-0.1, -0.05) is 22.0 Å². The Morgan fingerprint density at radius 2 is 2.12 bits per heavy atom. The fourth-order valence-corrected chi connectivity index (χ4v) is 2.27. The van der Waals surface area contributed by atoms with Crippen molar-refractivity contribution < 1.29 is 4.74 Å². The molecule has 90 valence electrons. The third-order valence-electron chi connectivity index (χ3n) is 2.75. The molecule has 0 aliphatic carbocycles. The lowest BCUT2D eigenvalue weighted by atomic mass is 10.1. The van der Waals surface area contributed by atoms with Crippen LogP contribution >= 0.6 is 15.9 Å². The lowest BCUT2D eigenvalue weighted by Gasteiger charge is -2.20. The van der Waals surface area contributed by atoms with Gasteiger partial charge in [-0.25, -0.2) is 0 Å². The summed E-state index contributed by atoms with van der Waals surface area (Å²) in [5.74, 6) is 0. The highest BCUT2D eigenvalue weighted by Gasteiger charge is 2.03. The van der Waals surface area contributed by atoms with Crippen molar-refractivity contribution in [2.75, 3.05) is 32.2 Å². The van der Waals surface area contributed by atoms with Crippen molar-refractivity contribution in [3.8, 4) is 0 Å². The van der Waals surface area contributed by atoms with Crippen LogP contribution in [0.1, 0.15) is 17.5 Å². The molecule has 0 unspecified atom stereocenters. The van der Waals surface area contributed by atoms with Crippen LogP contribution in [0.4, 0.5) is 5.69 Å². The van der Waals surface area contributed by atoms with Crippen LogP contribution in [0, 0.1) is 6.92 Å². The van der Waals surface area contributed by atoms with Crippen molar-refractivity contribution in [3.63, 3.8) is 0 Å². The minimum atomic E-state index is 0.822. The second-order valence-corrected chi connectivity index (χ2v) is 4.57. The number of ether oxygens (including phenoxy) is 1. The number of aryl methyl sites for hydroxylation is 1. The molecule has 0 radical (unpaired) electrons. The van der Waals surface area contributed by atoms with E-state index in [9.17, 15) is 0 Å². The van der Waals surface area contributed by atoms with Gasteiger partial charge in [0, 0.05) is 38.3 Å². The van der Waals surface area contributed by atoms with E-state index in [0.717, 1.165) is 24.9 Å². The summed E-state index contributed by atoms with van der Waals surface area (Å²) < 4.78 is 5.06. The van der Waals surface area contributed by atoms with E-state index < -0.39 is 0 Å². The average molecular weight is 286 g/mol. The van der Waals surface area contributed by atoms with E-state index in [-0.39, 0.29) is 0 Å². The summed E-state index contributed by atoms with van der Waals surface area (Å²) in [5.41, 5.74) is 3.97. The molecule has 16 heavy (non-hydrogen) atoms. The van der Waals surface area contributed by atoms with E-state index in [1.807, 2.05) is 0 Å². The predicted octanol–water partition coefficient (Wildman–Crippen LogP) is 3.36. The number of nitrogens with zero attached hydrogens (tertiary/aromatic N) is 1. The molecule has 0 N–H and O–H groups in total. The van der Waals surface area contributed by atoms with E-state index in [4.69, 9.17) is 4.74 Å². The van der Waals surface area contributed by atoms with Gasteiger partial charge in [-0.2, -0.15) is 0 Å². The maximum atomic E-state index is 5.06. The van der Waals surface area contributed by atoms with Crippen molar-refractivity contribution >= 4 is 21.6 Å². The van der Waals surface area contributed by atoms with Crippen LogP contribution in [-0.2, 0) is 10.1 Å². The number of halogens is 1. The molecule has 1 aromatic carbocycles. The Morgan fingerprint density at radius 1 is 1.38 bits per heavy atom. The van der Waals surface area contributed by atoms with Crippen LogP contribution in [0.15, 0.2) is 18.2 Å². The molecule has 1 aromatic rings. The summed E-state index contributed by atoms with van der Waals surface area (Å²) >= 11 is 3.49. The molecule has 0 saturated heterocycles. The maximum Gasteiger partial charge on any atom is 0.0479 e. The Bertz CT molecular complexity index is 328. The molecule has 3 heteroatoms. The minimum Gasteiger partial charge on any atom is -0.385 e. The van der Waals surface area contributed by atoms with Crippen molar-refractivity contribution in [1.82, 2.24) is 0 Å². The van der Waals surface area contributed by atoms with Crippen molar-refractivity contribution in [2.24, 2.45) is 0 Å². The standard InChI is InChI=1S/C13H20BrNO/c1-11-9-13(6-5-12(11)10-14)15(2)7-4-8-16-3/h5-6,9H,4,7-8,10H2,1-3H3. The van der Waals surface area contributed by atoms with Gasteiger partial charge < -0.3 is 9.64 Å². The molecule has 0 heterocycles.